The van der Waals surface area contributed by atoms with Crippen LogP contribution in [0.4, 0.5) is 0 Å². The highest BCUT2D eigenvalue weighted by atomic mass is 16.5. The quantitative estimate of drug-likeness (QED) is 0.465. The van der Waals surface area contributed by atoms with Crippen LogP contribution in [-0.2, 0) is 9.59 Å². The van der Waals surface area contributed by atoms with E-state index in [1.807, 2.05) is 0 Å². The van der Waals surface area contributed by atoms with Crippen LogP contribution in [-0.4, -0.2) is 36.2 Å². The number of carbonyl (C=O) groups is 2. The van der Waals surface area contributed by atoms with Gasteiger partial charge in [-0.05, 0) is 12.1 Å². The zero-order valence-corrected chi connectivity index (χ0v) is 9.84. The molecule has 96 valence electrons. The molecule has 1 aromatic carbocycles. The van der Waals surface area contributed by atoms with Gasteiger partial charge in [-0.2, -0.15) is 0 Å². The molecule has 1 rings (SSSR count). The first-order valence-electron chi connectivity index (χ1n) is 4.90. The first-order valence-corrected chi connectivity index (χ1v) is 4.90. The molecule has 0 saturated heterocycles. The average Bonchev–Trinajstić information content (AvgIpc) is 2.37. The maximum atomic E-state index is 10.9. The first-order chi connectivity index (χ1) is 8.49. The molecule has 2 N–H and O–H groups in total. The number of aliphatic hydroxyl groups is 1. The summed E-state index contributed by atoms with van der Waals surface area (Å²) in [5.74, 6) is -2.57. The van der Waals surface area contributed by atoms with Crippen molar-refractivity contribution >= 4 is 17.5 Å². The Morgan fingerprint density at radius 3 is 2.33 bits per heavy atom. The van der Waals surface area contributed by atoms with Gasteiger partial charge in [-0.25, -0.2) is 4.79 Å². The minimum Gasteiger partial charge on any atom is -0.507 e. The van der Waals surface area contributed by atoms with Gasteiger partial charge in [0, 0.05) is 12.1 Å². The molecule has 0 aliphatic heterocycles. The summed E-state index contributed by atoms with van der Waals surface area (Å²) >= 11 is 0. The van der Waals surface area contributed by atoms with Crippen LogP contribution in [0.25, 0.3) is 5.76 Å². The fourth-order valence-electron chi connectivity index (χ4n) is 1.27. The first kappa shape index (κ1) is 13.6. The predicted molar refractivity (Wildman–Crippen MR) is 62.8 cm³/mol. The van der Waals surface area contributed by atoms with Crippen LogP contribution in [0.15, 0.2) is 24.3 Å². The number of carboxylic acid groups (broad SMARTS) is 1. The van der Waals surface area contributed by atoms with Gasteiger partial charge in [-0.1, -0.05) is 0 Å². The summed E-state index contributed by atoms with van der Waals surface area (Å²) in [6, 6.07) is 4.51. The molecule has 0 fully saturated rings. The van der Waals surface area contributed by atoms with E-state index >= 15 is 0 Å². The van der Waals surface area contributed by atoms with Crippen LogP contribution in [0.2, 0.25) is 0 Å². The summed E-state index contributed by atoms with van der Waals surface area (Å²) in [6.07, 6.45) is 0.618. The largest absolute Gasteiger partial charge is 0.507 e. The Balaban J connectivity index is 3.16. The summed E-state index contributed by atoms with van der Waals surface area (Å²) < 4.78 is 9.98. The molecule has 1 aromatic rings. The van der Waals surface area contributed by atoms with E-state index in [2.05, 4.69) is 0 Å². The van der Waals surface area contributed by atoms with Crippen molar-refractivity contribution in [3.05, 3.63) is 29.8 Å². The minimum absolute atomic E-state index is 0.202. The topological polar surface area (TPSA) is 93.1 Å². The normalized spacial score (nSPS) is 10.9. The van der Waals surface area contributed by atoms with E-state index in [1.54, 1.807) is 6.07 Å². The molecule has 0 aliphatic rings. The standard InChI is InChI=1S/C12H12O6/c1-17-7-3-4-8(11(5-7)18-2)9(13)6-10(14)12(15)16/h3-6,13H,1-2H3,(H,15,16)/b9-6-. The van der Waals surface area contributed by atoms with Crippen LogP contribution in [0.1, 0.15) is 5.56 Å². The van der Waals surface area contributed by atoms with Gasteiger partial charge in [0.05, 0.1) is 19.8 Å². The fraction of sp³-hybridized carbons (Fsp3) is 0.167. The molecular formula is C12H12O6. The second-order valence-electron chi connectivity index (χ2n) is 3.27. The second-order valence-corrected chi connectivity index (χ2v) is 3.27. The molecule has 0 spiro atoms. The molecule has 6 heteroatoms. The van der Waals surface area contributed by atoms with E-state index in [0.29, 0.717) is 11.8 Å². The molecule has 0 bridgehead atoms. The third kappa shape index (κ3) is 3.00. The number of aliphatic carboxylic acids is 1. The van der Waals surface area contributed by atoms with Crippen LogP contribution in [0.3, 0.4) is 0 Å². The Bertz CT molecular complexity index is 503. The summed E-state index contributed by atoms with van der Waals surface area (Å²) in [4.78, 5) is 21.3. The van der Waals surface area contributed by atoms with Gasteiger partial charge in [0.1, 0.15) is 17.3 Å². The molecule has 0 atom stereocenters. The monoisotopic (exact) mass is 252 g/mol. The average molecular weight is 252 g/mol. The van der Waals surface area contributed by atoms with Crippen molar-refractivity contribution in [3.63, 3.8) is 0 Å². The Labute approximate surface area is 103 Å². The van der Waals surface area contributed by atoms with Gasteiger partial charge in [0.25, 0.3) is 5.78 Å². The molecule has 0 saturated carbocycles. The van der Waals surface area contributed by atoms with E-state index in [-0.39, 0.29) is 11.3 Å². The molecule has 18 heavy (non-hydrogen) atoms. The van der Waals surface area contributed by atoms with Gasteiger partial charge >= 0.3 is 5.97 Å². The van der Waals surface area contributed by atoms with Gasteiger partial charge < -0.3 is 19.7 Å². The smallest absolute Gasteiger partial charge is 0.376 e. The number of carbonyl (C=O) groups excluding carboxylic acids is 1. The zero-order valence-electron chi connectivity index (χ0n) is 9.84. The third-order valence-electron chi connectivity index (χ3n) is 2.16. The van der Waals surface area contributed by atoms with Gasteiger partial charge in [0.2, 0.25) is 0 Å². The van der Waals surface area contributed by atoms with Gasteiger partial charge in [-0.15, -0.1) is 0 Å². The lowest BCUT2D eigenvalue weighted by Gasteiger charge is -2.09. The van der Waals surface area contributed by atoms with Crippen LogP contribution >= 0.6 is 0 Å². The highest BCUT2D eigenvalue weighted by Crippen LogP contribution is 2.28. The Kier molecular flexibility index (Phi) is 4.31. The van der Waals surface area contributed by atoms with Gasteiger partial charge in [-0.3, -0.25) is 4.79 Å². The summed E-state index contributed by atoms with van der Waals surface area (Å²) in [5, 5.41) is 18.1. The number of rotatable bonds is 5. The van der Waals surface area contributed by atoms with Crippen molar-refractivity contribution in [1.29, 1.82) is 0 Å². The molecule has 0 aromatic heterocycles. The lowest BCUT2D eigenvalue weighted by Crippen LogP contribution is -2.09. The Hall–Kier alpha value is -2.50. The molecular weight excluding hydrogens is 240 g/mol. The third-order valence-corrected chi connectivity index (χ3v) is 2.16. The number of ether oxygens (including phenoxy) is 2. The van der Waals surface area contributed by atoms with E-state index < -0.39 is 17.5 Å². The van der Waals surface area contributed by atoms with Crippen molar-refractivity contribution in [3.8, 4) is 11.5 Å². The van der Waals surface area contributed by atoms with Crippen molar-refractivity contribution in [1.82, 2.24) is 0 Å². The maximum absolute atomic E-state index is 10.9. The number of aliphatic hydroxyl groups excluding tert-OH is 1. The van der Waals surface area contributed by atoms with E-state index in [4.69, 9.17) is 14.6 Å². The van der Waals surface area contributed by atoms with Crippen molar-refractivity contribution < 1.29 is 29.3 Å². The van der Waals surface area contributed by atoms with Crippen molar-refractivity contribution in [2.24, 2.45) is 0 Å². The highest BCUT2D eigenvalue weighted by molar-refractivity contribution is 6.38. The van der Waals surface area contributed by atoms with Crippen molar-refractivity contribution in [2.45, 2.75) is 0 Å². The fourth-order valence-corrected chi connectivity index (χ4v) is 1.27. The second kappa shape index (κ2) is 5.72. The molecule has 0 heterocycles. The number of hydrogen-bond donors (Lipinski definition) is 2. The van der Waals surface area contributed by atoms with Crippen LogP contribution < -0.4 is 9.47 Å². The van der Waals surface area contributed by atoms with E-state index in [1.165, 1.54) is 26.4 Å². The van der Waals surface area contributed by atoms with Crippen LogP contribution in [0, 0.1) is 0 Å². The number of carboxylic acids is 1. The molecule has 0 unspecified atom stereocenters. The predicted octanol–water partition coefficient (Wildman–Crippen LogP) is 1.26. The van der Waals surface area contributed by atoms with E-state index in [0.717, 1.165) is 0 Å². The highest BCUT2D eigenvalue weighted by Gasteiger charge is 2.14. The van der Waals surface area contributed by atoms with Crippen molar-refractivity contribution in [2.75, 3.05) is 14.2 Å². The number of ketones is 1. The molecule has 0 aliphatic carbocycles. The lowest BCUT2D eigenvalue weighted by atomic mass is 10.1. The minimum atomic E-state index is -1.64. The zero-order chi connectivity index (χ0) is 13.7. The van der Waals surface area contributed by atoms with E-state index in [9.17, 15) is 14.7 Å². The van der Waals surface area contributed by atoms with Crippen LogP contribution in [0.5, 0.6) is 11.5 Å². The molecule has 6 nitrogen and oxygen atoms in total. The number of methoxy groups -OCH3 is 2. The Morgan fingerprint density at radius 1 is 1.17 bits per heavy atom. The summed E-state index contributed by atoms with van der Waals surface area (Å²) in [7, 11) is 2.85. The molecule has 0 amide bonds. The van der Waals surface area contributed by atoms with Gasteiger partial charge in [0.15, 0.2) is 0 Å². The summed E-state index contributed by atoms with van der Waals surface area (Å²) in [5.41, 5.74) is 0.202. The maximum Gasteiger partial charge on any atom is 0.376 e. The number of hydrogen-bond acceptors (Lipinski definition) is 5. The number of benzene rings is 1. The SMILES string of the molecule is COc1ccc(/C(O)=C/C(=O)C(=O)O)c(OC)c1. The molecule has 0 radical (unpaired) electrons. The Morgan fingerprint density at radius 2 is 1.83 bits per heavy atom. The summed E-state index contributed by atoms with van der Waals surface area (Å²) in [6.45, 7) is 0. The lowest BCUT2D eigenvalue weighted by molar-refractivity contribution is -0.146.